The topological polar surface area (TPSA) is 76.4 Å². The number of aryl methyl sites for hydroxylation is 2. The predicted octanol–water partition coefficient (Wildman–Crippen LogP) is 4.22. The van der Waals surface area contributed by atoms with Crippen LogP contribution in [-0.4, -0.2) is 52.1 Å². The fraction of sp³-hybridized carbons (Fsp3) is 0.308. The van der Waals surface area contributed by atoms with Gasteiger partial charge in [0.25, 0.3) is 5.56 Å². The number of ether oxygens (including phenoxy) is 1. The molecule has 1 fully saturated rings. The predicted molar refractivity (Wildman–Crippen MR) is 134 cm³/mol. The maximum atomic E-state index is 14.5. The lowest BCUT2D eigenvalue weighted by Crippen LogP contribution is -2.49. The van der Waals surface area contributed by atoms with Crippen molar-refractivity contribution in [3.63, 3.8) is 0 Å². The highest BCUT2D eigenvalue weighted by Gasteiger charge is 2.32. The normalized spacial score (nSPS) is 14.3. The summed E-state index contributed by atoms with van der Waals surface area (Å²) < 4.78 is 58.9. The Morgan fingerprint density at radius 3 is 2.45 bits per heavy atom. The van der Waals surface area contributed by atoms with Crippen molar-refractivity contribution in [3.05, 3.63) is 81.9 Å². The number of pyridine rings is 2. The first kappa shape index (κ1) is 25.4. The van der Waals surface area contributed by atoms with Crippen molar-refractivity contribution in [2.45, 2.75) is 26.8 Å². The van der Waals surface area contributed by atoms with Crippen molar-refractivity contribution < 1.29 is 22.3 Å². The molecule has 0 radical (unpaired) electrons. The molecule has 38 heavy (non-hydrogen) atoms. The number of alkyl halides is 3. The molecule has 4 heterocycles. The molecular weight excluding hydrogens is 504 g/mol. The number of piperazine rings is 1. The van der Waals surface area contributed by atoms with Gasteiger partial charge < -0.3 is 14.5 Å². The molecule has 0 bridgehead atoms. The molecule has 3 aromatic heterocycles. The Hall–Kier alpha value is -4.22. The Morgan fingerprint density at radius 2 is 1.74 bits per heavy atom. The molecule has 0 amide bonds. The van der Waals surface area contributed by atoms with Crippen LogP contribution in [0.2, 0.25) is 0 Å². The van der Waals surface area contributed by atoms with Gasteiger partial charge in [-0.05, 0) is 43.7 Å². The zero-order chi connectivity index (χ0) is 27.0. The standard InChI is InChI=1S/C26H24F4N6O2/c1-16-5-3-6-18(27)23(16)35-11-9-34(10-12-35)21-13-19-24(33-17(2)14-32-19)36(25(21)37)15-20-22(7-4-8-31-20)38-26(28,29)30/h3-8,13-14H,9-12,15H2,1-2H3. The van der Waals surface area contributed by atoms with E-state index >= 15 is 0 Å². The summed E-state index contributed by atoms with van der Waals surface area (Å²) >= 11 is 0. The third kappa shape index (κ3) is 5.11. The minimum absolute atomic E-state index is 0.0754. The van der Waals surface area contributed by atoms with E-state index in [-0.39, 0.29) is 23.7 Å². The molecule has 0 aliphatic carbocycles. The summed E-state index contributed by atoms with van der Waals surface area (Å²) in [7, 11) is 0. The molecule has 8 nitrogen and oxygen atoms in total. The number of halogens is 4. The lowest BCUT2D eigenvalue weighted by molar-refractivity contribution is -0.275. The van der Waals surface area contributed by atoms with E-state index in [1.54, 1.807) is 25.3 Å². The molecule has 1 aliphatic heterocycles. The van der Waals surface area contributed by atoms with Crippen LogP contribution in [0.5, 0.6) is 5.75 Å². The summed E-state index contributed by atoms with van der Waals surface area (Å²) in [6.45, 7) is 5.06. The second-order valence-corrected chi connectivity index (χ2v) is 9.02. The molecule has 0 saturated carbocycles. The summed E-state index contributed by atoms with van der Waals surface area (Å²) in [5.41, 5.74) is 2.34. The first-order valence-electron chi connectivity index (χ1n) is 11.9. The second-order valence-electron chi connectivity index (χ2n) is 9.02. The molecule has 0 unspecified atom stereocenters. The van der Waals surface area contributed by atoms with Crippen molar-refractivity contribution in [1.82, 2.24) is 19.5 Å². The minimum Gasteiger partial charge on any atom is -0.404 e. The van der Waals surface area contributed by atoms with Crippen LogP contribution in [0.15, 0.2) is 53.6 Å². The van der Waals surface area contributed by atoms with Gasteiger partial charge in [0.05, 0.1) is 17.9 Å². The van der Waals surface area contributed by atoms with E-state index in [1.807, 2.05) is 22.8 Å². The third-order valence-electron chi connectivity index (χ3n) is 6.40. The summed E-state index contributed by atoms with van der Waals surface area (Å²) in [4.78, 5) is 30.4. The molecule has 0 atom stereocenters. The highest BCUT2D eigenvalue weighted by Crippen LogP contribution is 2.28. The molecular formula is C26H24F4N6O2. The summed E-state index contributed by atoms with van der Waals surface area (Å²) in [5.74, 6) is -0.802. The number of rotatable bonds is 5. The number of aromatic nitrogens is 4. The molecule has 12 heteroatoms. The molecule has 1 aliphatic rings. The molecule has 0 spiro atoms. The lowest BCUT2D eigenvalue weighted by Gasteiger charge is -2.37. The van der Waals surface area contributed by atoms with Gasteiger partial charge in [0.15, 0.2) is 11.4 Å². The zero-order valence-corrected chi connectivity index (χ0v) is 20.7. The Kier molecular flexibility index (Phi) is 6.64. The van der Waals surface area contributed by atoms with Crippen LogP contribution in [0.4, 0.5) is 28.9 Å². The van der Waals surface area contributed by atoms with Crippen LogP contribution < -0.4 is 20.1 Å². The number of fused-ring (bicyclic) bond motifs is 1. The van der Waals surface area contributed by atoms with Gasteiger partial charge in [-0.15, -0.1) is 13.2 Å². The van der Waals surface area contributed by atoms with Gasteiger partial charge in [0, 0.05) is 38.6 Å². The fourth-order valence-corrected chi connectivity index (χ4v) is 4.68. The van der Waals surface area contributed by atoms with Gasteiger partial charge >= 0.3 is 6.36 Å². The second kappa shape index (κ2) is 9.92. The first-order chi connectivity index (χ1) is 18.1. The van der Waals surface area contributed by atoms with E-state index in [0.717, 1.165) is 11.6 Å². The Balaban J connectivity index is 1.51. The molecule has 4 aromatic rings. The molecule has 1 aromatic carbocycles. The van der Waals surface area contributed by atoms with Gasteiger partial charge in [-0.25, -0.2) is 9.37 Å². The molecule has 5 rings (SSSR count). The van der Waals surface area contributed by atoms with Crippen molar-refractivity contribution >= 4 is 22.5 Å². The van der Waals surface area contributed by atoms with Gasteiger partial charge in [-0.2, -0.15) is 0 Å². The number of nitrogens with zero attached hydrogens (tertiary/aromatic N) is 6. The Bertz CT molecular complexity index is 1530. The highest BCUT2D eigenvalue weighted by molar-refractivity contribution is 5.75. The highest BCUT2D eigenvalue weighted by atomic mass is 19.4. The van der Waals surface area contributed by atoms with Crippen LogP contribution in [-0.2, 0) is 6.54 Å². The Labute approximate surface area is 215 Å². The summed E-state index contributed by atoms with van der Waals surface area (Å²) in [6.07, 6.45) is -2.03. The van der Waals surface area contributed by atoms with E-state index in [1.165, 1.54) is 22.9 Å². The quantitative estimate of drug-likeness (QED) is 0.359. The summed E-state index contributed by atoms with van der Waals surface area (Å²) in [6, 6.07) is 9.04. The van der Waals surface area contributed by atoms with Crippen molar-refractivity contribution in [2.24, 2.45) is 0 Å². The average molecular weight is 529 g/mol. The zero-order valence-electron chi connectivity index (χ0n) is 20.7. The third-order valence-corrected chi connectivity index (χ3v) is 6.40. The van der Waals surface area contributed by atoms with Crippen molar-refractivity contribution in [3.8, 4) is 5.75 Å². The molecule has 0 N–H and O–H groups in total. The number of hydrogen-bond donors (Lipinski definition) is 0. The average Bonchev–Trinajstić information content (AvgIpc) is 2.86. The van der Waals surface area contributed by atoms with E-state index in [0.29, 0.717) is 48.8 Å². The van der Waals surface area contributed by atoms with Crippen LogP contribution in [0.25, 0.3) is 11.2 Å². The SMILES string of the molecule is Cc1cnc2cc(N3CCN(c4c(C)cccc4F)CC3)c(=O)n(Cc3ncccc3OC(F)(F)F)c2n1. The largest absolute Gasteiger partial charge is 0.573 e. The van der Waals surface area contributed by atoms with Gasteiger partial charge in [-0.1, -0.05) is 12.1 Å². The fourth-order valence-electron chi connectivity index (χ4n) is 4.68. The van der Waals surface area contributed by atoms with E-state index in [2.05, 4.69) is 19.7 Å². The number of anilines is 2. The number of hydrogen-bond acceptors (Lipinski definition) is 7. The van der Waals surface area contributed by atoms with Crippen LogP contribution in [0.3, 0.4) is 0 Å². The van der Waals surface area contributed by atoms with E-state index < -0.39 is 17.7 Å². The van der Waals surface area contributed by atoms with Gasteiger partial charge in [-0.3, -0.25) is 19.3 Å². The number of para-hydroxylation sites is 1. The summed E-state index contributed by atoms with van der Waals surface area (Å²) in [5, 5.41) is 0. The maximum Gasteiger partial charge on any atom is 0.573 e. The minimum atomic E-state index is -4.92. The van der Waals surface area contributed by atoms with E-state index in [4.69, 9.17) is 0 Å². The molecule has 198 valence electrons. The van der Waals surface area contributed by atoms with Crippen LogP contribution >= 0.6 is 0 Å². The monoisotopic (exact) mass is 528 g/mol. The van der Waals surface area contributed by atoms with Gasteiger partial charge in [0.1, 0.15) is 22.7 Å². The maximum absolute atomic E-state index is 14.5. The van der Waals surface area contributed by atoms with Crippen LogP contribution in [0.1, 0.15) is 17.0 Å². The first-order valence-corrected chi connectivity index (χ1v) is 11.9. The van der Waals surface area contributed by atoms with Gasteiger partial charge in [0.2, 0.25) is 0 Å². The molecule has 1 saturated heterocycles. The van der Waals surface area contributed by atoms with Crippen molar-refractivity contribution in [2.75, 3.05) is 36.0 Å². The van der Waals surface area contributed by atoms with Crippen molar-refractivity contribution in [1.29, 1.82) is 0 Å². The number of benzene rings is 1. The van der Waals surface area contributed by atoms with E-state index in [9.17, 15) is 22.4 Å². The van der Waals surface area contributed by atoms with Crippen LogP contribution in [0, 0.1) is 19.7 Å². The Morgan fingerprint density at radius 1 is 1.00 bits per heavy atom. The smallest absolute Gasteiger partial charge is 0.404 e. The lowest BCUT2D eigenvalue weighted by atomic mass is 10.1.